The lowest BCUT2D eigenvalue weighted by molar-refractivity contribution is 0.525. The van der Waals surface area contributed by atoms with Gasteiger partial charge in [-0.1, -0.05) is 121 Å². The Morgan fingerprint density at radius 2 is 1.20 bits per heavy atom. The Bertz CT molecular complexity index is 1400. The average Bonchev–Trinajstić information content (AvgIpc) is 3.26. The summed E-state index contributed by atoms with van der Waals surface area (Å²) in [4.78, 5) is 0. The lowest BCUT2D eigenvalue weighted by Gasteiger charge is -2.41. The third-order valence-corrected chi connectivity index (χ3v) is 8.85. The van der Waals surface area contributed by atoms with E-state index in [1.54, 1.807) is 0 Å². The van der Waals surface area contributed by atoms with Crippen molar-refractivity contribution in [1.82, 2.24) is 4.57 Å². The predicted octanol–water partition coefficient (Wildman–Crippen LogP) is 8.60. The molecule has 0 saturated heterocycles. The van der Waals surface area contributed by atoms with Gasteiger partial charge in [0.2, 0.25) is 0 Å². The average molecular weight is 472 g/mol. The molecule has 1 aromatic heterocycles. The van der Waals surface area contributed by atoms with E-state index >= 15 is 0 Å². The van der Waals surface area contributed by atoms with Crippen molar-refractivity contribution >= 4 is 33.6 Å². The van der Waals surface area contributed by atoms with Crippen LogP contribution in [0.25, 0.3) is 21.8 Å². The van der Waals surface area contributed by atoms with E-state index in [9.17, 15) is 0 Å². The number of hydrogen-bond donors (Lipinski definition) is 0. The fourth-order valence-corrected chi connectivity index (χ4v) is 7.25. The van der Waals surface area contributed by atoms with E-state index in [0.29, 0.717) is 5.92 Å². The van der Waals surface area contributed by atoms with E-state index < -0.39 is 0 Å². The summed E-state index contributed by atoms with van der Waals surface area (Å²) in [7, 11) is 0. The third kappa shape index (κ3) is 3.92. The molecule has 0 radical (unpaired) electrons. The van der Waals surface area contributed by atoms with Gasteiger partial charge in [0.1, 0.15) is 0 Å². The largest absolute Gasteiger partial charge is 0.340 e. The van der Waals surface area contributed by atoms with Gasteiger partial charge in [-0.05, 0) is 29.7 Å². The van der Waals surface area contributed by atoms with Crippen LogP contribution in [-0.4, -0.2) is 10.3 Å². The minimum atomic E-state index is -0.150. The zero-order valence-electron chi connectivity index (χ0n) is 19.8. The second-order valence-electron chi connectivity index (χ2n) is 9.16. The number of thioether (sulfide) groups is 1. The van der Waals surface area contributed by atoms with E-state index in [-0.39, 0.29) is 4.75 Å². The molecule has 0 fully saturated rings. The summed E-state index contributed by atoms with van der Waals surface area (Å²) in [5.41, 5.74) is 5.39. The molecular weight excluding hydrogens is 442 g/mol. The molecule has 0 saturated carbocycles. The van der Waals surface area contributed by atoms with Crippen molar-refractivity contribution in [2.45, 2.75) is 17.7 Å². The maximum absolute atomic E-state index is 2.51. The van der Waals surface area contributed by atoms with E-state index in [1.807, 2.05) is 0 Å². The van der Waals surface area contributed by atoms with Crippen LogP contribution in [0.3, 0.4) is 0 Å². The van der Waals surface area contributed by atoms with E-state index in [2.05, 4.69) is 150 Å². The quantitative estimate of drug-likeness (QED) is 0.230. The topological polar surface area (TPSA) is 4.93 Å². The van der Waals surface area contributed by atoms with Gasteiger partial charge in [-0.25, -0.2) is 0 Å². The maximum atomic E-state index is 2.51. The number of aryl methyl sites for hydroxylation is 1. The Kier molecular flexibility index (Phi) is 6.06. The first-order valence-corrected chi connectivity index (χ1v) is 13.4. The number of fused-ring (bicyclic) bond motifs is 3. The fraction of sp³-hybridized carbons (Fsp3) is 0.152. The lowest BCUT2D eigenvalue weighted by Crippen LogP contribution is -2.33. The van der Waals surface area contributed by atoms with Gasteiger partial charge in [0.25, 0.3) is 0 Å². The van der Waals surface area contributed by atoms with Crippen molar-refractivity contribution in [3.05, 3.63) is 145 Å². The molecule has 2 heteroatoms. The van der Waals surface area contributed by atoms with Crippen molar-refractivity contribution in [1.29, 1.82) is 0 Å². The summed E-state index contributed by atoms with van der Waals surface area (Å²) in [5, 5.41) is 2.68. The molecule has 1 aliphatic rings. The standard InChI is InChI=1S/C33H29NS/c1-4-14-26(15-5-1)33(27-16-6-2-7-17-27,28-18-8-3-9-19-28)35-25-24-34-31-22-12-10-20-29(31)30-21-11-13-23-32(30)34/h1-18,20-23,28H,19,24-25H2. The minimum Gasteiger partial charge on any atom is -0.340 e. The van der Waals surface area contributed by atoms with Crippen molar-refractivity contribution in [3.8, 4) is 0 Å². The molecule has 0 spiro atoms. The Balaban J connectivity index is 1.42. The Morgan fingerprint density at radius 1 is 0.657 bits per heavy atom. The zero-order chi connectivity index (χ0) is 23.5. The Labute approximate surface area is 211 Å². The molecule has 1 unspecified atom stereocenters. The Morgan fingerprint density at radius 3 is 1.74 bits per heavy atom. The van der Waals surface area contributed by atoms with Gasteiger partial charge in [-0.2, -0.15) is 0 Å². The summed E-state index contributed by atoms with van der Waals surface area (Å²) >= 11 is 2.09. The highest BCUT2D eigenvalue weighted by atomic mass is 32.2. The number of allylic oxidation sites excluding steroid dienone is 4. The van der Waals surface area contributed by atoms with Crippen LogP contribution in [0.5, 0.6) is 0 Å². The number of nitrogens with zero attached hydrogens (tertiary/aromatic N) is 1. The first-order valence-electron chi connectivity index (χ1n) is 12.4. The first kappa shape index (κ1) is 22.0. The third-order valence-electron chi connectivity index (χ3n) is 7.23. The molecule has 35 heavy (non-hydrogen) atoms. The van der Waals surface area contributed by atoms with Crippen LogP contribution in [-0.2, 0) is 11.3 Å². The summed E-state index contributed by atoms with van der Waals surface area (Å²) in [5.74, 6) is 1.40. The molecule has 5 aromatic rings. The monoisotopic (exact) mass is 471 g/mol. The van der Waals surface area contributed by atoms with Crippen LogP contribution in [0.15, 0.2) is 133 Å². The van der Waals surface area contributed by atoms with Crippen molar-refractivity contribution in [2.24, 2.45) is 5.92 Å². The number of rotatable bonds is 7. The first-order chi connectivity index (χ1) is 17.4. The van der Waals surface area contributed by atoms with Crippen LogP contribution in [0.2, 0.25) is 0 Å². The molecule has 1 aliphatic carbocycles. The predicted molar refractivity (Wildman–Crippen MR) is 152 cm³/mol. The molecule has 0 bridgehead atoms. The summed E-state index contributed by atoms with van der Waals surface area (Å²) in [6.07, 6.45) is 10.2. The maximum Gasteiger partial charge on any atom is 0.0723 e. The van der Waals surface area contributed by atoms with Crippen LogP contribution in [0, 0.1) is 5.92 Å². The van der Waals surface area contributed by atoms with E-state index in [0.717, 1.165) is 18.7 Å². The van der Waals surface area contributed by atoms with Gasteiger partial charge in [-0.3, -0.25) is 0 Å². The smallest absolute Gasteiger partial charge is 0.0723 e. The fourth-order valence-electron chi connectivity index (χ4n) is 5.66. The zero-order valence-corrected chi connectivity index (χ0v) is 20.6. The van der Waals surface area contributed by atoms with Gasteiger partial charge < -0.3 is 4.57 Å². The van der Waals surface area contributed by atoms with Gasteiger partial charge >= 0.3 is 0 Å². The summed E-state index contributed by atoms with van der Waals surface area (Å²) in [6, 6.07) is 39.8. The van der Waals surface area contributed by atoms with Crippen molar-refractivity contribution in [2.75, 3.05) is 5.75 Å². The van der Waals surface area contributed by atoms with Gasteiger partial charge in [0, 0.05) is 40.0 Å². The molecule has 1 nitrogen and oxygen atoms in total. The van der Waals surface area contributed by atoms with Crippen LogP contribution < -0.4 is 0 Å². The van der Waals surface area contributed by atoms with Gasteiger partial charge in [-0.15, -0.1) is 11.8 Å². The molecule has 0 N–H and O–H groups in total. The normalized spacial score (nSPS) is 15.7. The molecule has 172 valence electrons. The van der Waals surface area contributed by atoms with Crippen molar-refractivity contribution < 1.29 is 0 Å². The molecule has 0 aliphatic heterocycles. The highest BCUT2D eigenvalue weighted by Crippen LogP contribution is 2.51. The second kappa shape index (κ2) is 9.64. The highest BCUT2D eigenvalue weighted by molar-refractivity contribution is 8.00. The van der Waals surface area contributed by atoms with Crippen LogP contribution in [0.4, 0.5) is 0 Å². The van der Waals surface area contributed by atoms with Gasteiger partial charge in [0.05, 0.1) is 4.75 Å². The molecular formula is C33H29NS. The van der Waals surface area contributed by atoms with E-state index in [1.165, 1.54) is 32.9 Å². The Hall–Kier alpha value is -3.49. The minimum absolute atomic E-state index is 0.150. The summed E-state index contributed by atoms with van der Waals surface area (Å²) < 4.78 is 2.36. The highest BCUT2D eigenvalue weighted by Gasteiger charge is 2.41. The molecule has 1 atom stereocenters. The molecule has 4 aromatic carbocycles. The van der Waals surface area contributed by atoms with Crippen molar-refractivity contribution in [3.63, 3.8) is 0 Å². The number of hydrogen-bond acceptors (Lipinski definition) is 1. The molecule has 6 rings (SSSR count). The van der Waals surface area contributed by atoms with Crippen LogP contribution in [0.1, 0.15) is 17.5 Å². The molecule has 0 amide bonds. The van der Waals surface area contributed by atoms with E-state index in [4.69, 9.17) is 0 Å². The van der Waals surface area contributed by atoms with Crippen LogP contribution >= 0.6 is 11.8 Å². The second-order valence-corrected chi connectivity index (χ2v) is 10.5. The number of benzene rings is 4. The summed E-state index contributed by atoms with van der Waals surface area (Å²) in [6.45, 7) is 0.965. The van der Waals surface area contributed by atoms with Gasteiger partial charge in [0.15, 0.2) is 0 Å². The molecule has 1 heterocycles. The lowest BCUT2D eigenvalue weighted by atomic mass is 9.77. The number of para-hydroxylation sites is 2. The number of aromatic nitrogens is 1. The SMILES string of the molecule is C1=CCC(C(SCCn2c3ccccc3c3ccccc32)(c2ccccc2)c2ccccc2)C=C1.